The highest BCUT2D eigenvalue weighted by Crippen LogP contribution is 2.34. The van der Waals surface area contributed by atoms with Gasteiger partial charge in [0, 0.05) is 6.54 Å². The van der Waals surface area contributed by atoms with E-state index < -0.39 is 6.10 Å². The van der Waals surface area contributed by atoms with Crippen molar-refractivity contribution in [3.8, 4) is 0 Å². The molecule has 24 heavy (non-hydrogen) atoms. The van der Waals surface area contributed by atoms with Gasteiger partial charge in [0.25, 0.3) is 5.91 Å². The van der Waals surface area contributed by atoms with E-state index in [4.69, 9.17) is 0 Å². The lowest BCUT2D eigenvalue weighted by atomic mass is 10.0. The SMILES string of the molecule is CCc1nnc(C)cc1C(=O)N1C[C@H](O)C[C@@H]1c1cccc(F)c1. The topological polar surface area (TPSA) is 66.3 Å². The number of carbonyl (C=O) groups excluding carboxylic acids is 1. The molecule has 2 aromatic rings. The Morgan fingerprint density at radius 3 is 2.88 bits per heavy atom. The Morgan fingerprint density at radius 2 is 2.17 bits per heavy atom. The molecule has 0 saturated carbocycles. The third-order valence-corrected chi connectivity index (χ3v) is 4.33. The third-order valence-electron chi connectivity index (χ3n) is 4.33. The van der Waals surface area contributed by atoms with E-state index in [1.54, 1.807) is 30.0 Å². The number of β-amino-alcohol motifs (C(OH)–C–C–N with tert-alkyl or cyclic N) is 1. The van der Waals surface area contributed by atoms with Gasteiger partial charge in [0.05, 0.1) is 29.1 Å². The number of amides is 1. The fourth-order valence-corrected chi connectivity index (χ4v) is 3.18. The zero-order chi connectivity index (χ0) is 17.3. The van der Waals surface area contributed by atoms with Crippen molar-refractivity contribution in [2.75, 3.05) is 6.54 Å². The second-order valence-corrected chi connectivity index (χ2v) is 6.12. The van der Waals surface area contributed by atoms with E-state index in [9.17, 15) is 14.3 Å². The molecule has 126 valence electrons. The Kier molecular flexibility index (Phi) is 4.57. The Labute approximate surface area is 140 Å². The zero-order valence-corrected chi connectivity index (χ0v) is 13.7. The van der Waals surface area contributed by atoms with Crippen LogP contribution in [0.5, 0.6) is 0 Å². The number of aliphatic hydroxyl groups excluding tert-OH is 1. The van der Waals surface area contributed by atoms with Gasteiger partial charge in [0.1, 0.15) is 5.82 Å². The highest BCUT2D eigenvalue weighted by Gasteiger charge is 2.36. The summed E-state index contributed by atoms with van der Waals surface area (Å²) < 4.78 is 13.6. The van der Waals surface area contributed by atoms with Gasteiger partial charge in [-0.1, -0.05) is 19.1 Å². The van der Waals surface area contributed by atoms with Gasteiger partial charge in [-0.15, -0.1) is 0 Å². The Bertz CT molecular complexity index is 766. The molecule has 1 N–H and O–H groups in total. The number of hydrogen-bond acceptors (Lipinski definition) is 4. The van der Waals surface area contributed by atoms with E-state index in [0.29, 0.717) is 35.4 Å². The molecule has 1 aromatic heterocycles. The maximum atomic E-state index is 13.6. The Hall–Kier alpha value is -2.34. The fraction of sp³-hybridized carbons (Fsp3) is 0.389. The molecule has 2 atom stereocenters. The summed E-state index contributed by atoms with van der Waals surface area (Å²) >= 11 is 0. The van der Waals surface area contributed by atoms with Crippen LogP contribution in [0.15, 0.2) is 30.3 Å². The lowest BCUT2D eigenvalue weighted by Crippen LogP contribution is -2.33. The first-order valence-electron chi connectivity index (χ1n) is 8.07. The number of benzene rings is 1. The molecule has 1 aliphatic rings. The summed E-state index contributed by atoms with van der Waals surface area (Å²) in [4.78, 5) is 14.7. The average molecular weight is 329 g/mol. The van der Waals surface area contributed by atoms with E-state index >= 15 is 0 Å². The first-order chi connectivity index (χ1) is 11.5. The maximum Gasteiger partial charge on any atom is 0.256 e. The summed E-state index contributed by atoms with van der Waals surface area (Å²) in [6, 6.07) is 7.56. The van der Waals surface area contributed by atoms with Crippen molar-refractivity contribution in [2.45, 2.75) is 38.8 Å². The second kappa shape index (κ2) is 6.65. The van der Waals surface area contributed by atoms with Crippen LogP contribution in [-0.4, -0.2) is 38.8 Å². The van der Waals surface area contributed by atoms with Crippen molar-refractivity contribution in [2.24, 2.45) is 0 Å². The summed E-state index contributed by atoms with van der Waals surface area (Å²) in [5, 5.41) is 18.2. The molecule has 5 nitrogen and oxygen atoms in total. The van der Waals surface area contributed by atoms with Gasteiger partial charge in [0.15, 0.2) is 0 Å². The number of hydrogen-bond donors (Lipinski definition) is 1. The molecule has 0 spiro atoms. The van der Waals surface area contributed by atoms with Gasteiger partial charge in [-0.25, -0.2) is 4.39 Å². The summed E-state index contributed by atoms with van der Waals surface area (Å²) in [6.45, 7) is 3.93. The van der Waals surface area contributed by atoms with Gasteiger partial charge in [-0.3, -0.25) is 4.79 Å². The van der Waals surface area contributed by atoms with Crippen LogP contribution >= 0.6 is 0 Å². The van der Waals surface area contributed by atoms with Crippen LogP contribution in [0.1, 0.15) is 46.7 Å². The summed E-state index contributed by atoms with van der Waals surface area (Å²) in [5.74, 6) is -0.549. The van der Waals surface area contributed by atoms with Crippen LogP contribution in [0.25, 0.3) is 0 Å². The first kappa shape index (κ1) is 16.5. The number of nitrogens with zero attached hydrogens (tertiary/aromatic N) is 3. The molecule has 0 aliphatic carbocycles. The molecule has 3 rings (SSSR count). The molecule has 1 fully saturated rings. The largest absolute Gasteiger partial charge is 0.391 e. The standard InChI is InChI=1S/C18H20FN3O2/c1-3-16-15(7-11(2)20-21-16)18(24)22-10-14(23)9-17(22)12-5-4-6-13(19)8-12/h4-8,14,17,23H,3,9-10H2,1-2H3/t14-,17-/m1/s1. The Morgan fingerprint density at radius 1 is 1.38 bits per heavy atom. The third kappa shape index (κ3) is 3.14. The second-order valence-electron chi connectivity index (χ2n) is 6.12. The molecule has 1 saturated heterocycles. The summed E-state index contributed by atoms with van der Waals surface area (Å²) in [5.41, 5.74) is 2.49. The number of aryl methyl sites for hydroxylation is 2. The molecule has 0 bridgehead atoms. The number of aliphatic hydroxyl groups is 1. The van der Waals surface area contributed by atoms with Crippen molar-refractivity contribution >= 4 is 5.91 Å². The normalized spacial score (nSPS) is 20.4. The smallest absolute Gasteiger partial charge is 0.256 e. The van der Waals surface area contributed by atoms with Gasteiger partial charge in [-0.2, -0.15) is 10.2 Å². The van der Waals surface area contributed by atoms with Crippen LogP contribution in [0.4, 0.5) is 4.39 Å². The van der Waals surface area contributed by atoms with Crippen molar-refractivity contribution in [1.82, 2.24) is 15.1 Å². The van der Waals surface area contributed by atoms with Crippen molar-refractivity contribution in [3.05, 3.63) is 58.7 Å². The van der Waals surface area contributed by atoms with E-state index in [2.05, 4.69) is 10.2 Å². The minimum atomic E-state index is -0.622. The zero-order valence-electron chi connectivity index (χ0n) is 13.7. The number of rotatable bonds is 3. The van der Waals surface area contributed by atoms with Gasteiger partial charge >= 0.3 is 0 Å². The van der Waals surface area contributed by atoms with Crippen LogP contribution in [-0.2, 0) is 6.42 Å². The van der Waals surface area contributed by atoms with E-state index in [1.165, 1.54) is 12.1 Å². The van der Waals surface area contributed by atoms with Crippen LogP contribution < -0.4 is 0 Å². The van der Waals surface area contributed by atoms with Gasteiger partial charge in [-0.05, 0) is 43.5 Å². The van der Waals surface area contributed by atoms with E-state index in [-0.39, 0.29) is 24.3 Å². The molecule has 2 heterocycles. The quantitative estimate of drug-likeness (QED) is 0.939. The molecule has 1 aliphatic heterocycles. The molecule has 0 unspecified atom stereocenters. The van der Waals surface area contributed by atoms with Crippen LogP contribution in [0, 0.1) is 12.7 Å². The summed E-state index contributed by atoms with van der Waals surface area (Å²) in [6.07, 6.45) is 0.368. The molecule has 0 radical (unpaired) electrons. The highest BCUT2D eigenvalue weighted by atomic mass is 19.1. The predicted octanol–water partition coefficient (Wildman–Crippen LogP) is 2.43. The Balaban J connectivity index is 1.97. The average Bonchev–Trinajstić information content (AvgIpc) is 2.96. The molecule has 1 amide bonds. The van der Waals surface area contributed by atoms with Crippen LogP contribution in [0.2, 0.25) is 0 Å². The molecular formula is C18H20FN3O2. The lowest BCUT2D eigenvalue weighted by molar-refractivity contribution is 0.0713. The highest BCUT2D eigenvalue weighted by molar-refractivity contribution is 5.95. The van der Waals surface area contributed by atoms with Crippen molar-refractivity contribution in [3.63, 3.8) is 0 Å². The summed E-state index contributed by atoms with van der Waals surface area (Å²) in [7, 11) is 0. The predicted molar refractivity (Wildman–Crippen MR) is 86.9 cm³/mol. The fourth-order valence-electron chi connectivity index (χ4n) is 3.18. The van der Waals surface area contributed by atoms with Crippen molar-refractivity contribution in [1.29, 1.82) is 0 Å². The van der Waals surface area contributed by atoms with Gasteiger partial charge < -0.3 is 10.0 Å². The minimum absolute atomic E-state index is 0.198. The number of halogens is 1. The maximum absolute atomic E-state index is 13.6. The van der Waals surface area contributed by atoms with Crippen LogP contribution in [0.3, 0.4) is 0 Å². The molecule has 1 aromatic carbocycles. The molecular weight excluding hydrogens is 309 g/mol. The monoisotopic (exact) mass is 329 g/mol. The number of carbonyl (C=O) groups is 1. The molecule has 6 heteroatoms. The van der Waals surface area contributed by atoms with Gasteiger partial charge in [0.2, 0.25) is 0 Å². The van der Waals surface area contributed by atoms with E-state index in [0.717, 1.165) is 0 Å². The van der Waals surface area contributed by atoms with E-state index in [1.807, 2.05) is 6.92 Å². The minimum Gasteiger partial charge on any atom is -0.391 e. The lowest BCUT2D eigenvalue weighted by Gasteiger charge is -2.25. The number of aromatic nitrogens is 2. The number of likely N-dealkylation sites (tertiary alicyclic amines) is 1. The first-order valence-corrected chi connectivity index (χ1v) is 8.07. The van der Waals surface area contributed by atoms with Crippen molar-refractivity contribution < 1.29 is 14.3 Å².